The summed E-state index contributed by atoms with van der Waals surface area (Å²) in [5.74, 6) is 1.26. The van der Waals surface area contributed by atoms with E-state index in [-0.39, 0.29) is 10.6 Å². The van der Waals surface area contributed by atoms with Gasteiger partial charge in [0.25, 0.3) is 0 Å². The monoisotopic (exact) mass is 262 g/mol. The summed E-state index contributed by atoms with van der Waals surface area (Å²) in [5.41, 5.74) is 6.48. The van der Waals surface area contributed by atoms with Crippen LogP contribution in [0.2, 0.25) is 0 Å². The van der Waals surface area contributed by atoms with Gasteiger partial charge >= 0.3 is 0 Å². The Hall–Kier alpha value is -2.06. The maximum atomic E-state index is 8.89. The van der Waals surface area contributed by atoms with Crippen molar-refractivity contribution in [2.24, 2.45) is 5.73 Å². The summed E-state index contributed by atoms with van der Waals surface area (Å²) in [6, 6.07) is 7.30. The van der Waals surface area contributed by atoms with Gasteiger partial charge in [-0.1, -0.05) is 18.3 Å². The minimum absolute atomic E-state index is 0.0753. The number of nitrogens with zero attached hydrogens (tertiary/aromatic N) is 1. The SMILES string of the molecule is CCOc1cc(/C=C(\C#N)C(N)=S)ccc1OC. The van der Waals surface area contributed by atoms with Crippen LogP contribution in [0.3, 0.4) is 0 Å². The van der Waals surface area contributed by atoms with Crippen LogP contribution < -0.4 is 15.2 Å². The number of thiocarbonyl (C=S) groups is 1. The Bertz CT molecular complexity index is 518. The summed E-state index contributed by atoms with van der Waals surface area (Å²) >= 11 is 4.78. The van der Waals surface area contributed by atoms with Crippen molar-refractivity contribution in [2.45, 2.75) is 6.92 Å². The van der Waals surface area contributed by atoms with Crippen molar-refractivity contribution in [3.05, 3.63) is 29.3 Å². The molecule has 0 unspecified atom stereocenters. The summed E-state index contributed by atoms with van der Waals surface area (Å²) in [5, 5.41) is 8.89. The molecule has 0 fully saturated rings. The summed E-state index contributed by atoms with van der Waals surface area (Å²) in [6.45, 7) is 2.42. The number of hydrogen-bond acceptors (Lipinski definition) is 4. The van der Waals surface area contributed by atoms with Crippen LogP contribution in [0.5, 0.6) is 11.5 Å². The second-order valence-corrected chi connectivity index (χ2v) is 3.82. The lowest BCUT2D eigenvalue weighted by Crippen LogP contribution is -2.09. The predicted octanol–water partition coefficient (Wildman–Crippen LogP) is 2.29. The quantitative estimate of drug-likeness (QED) is 0.501. The molecule has 0 aliphatic carbocycles. The molecule has 0 aliphatic heterocycles. The number of nitrogens with two attached hydrogens (primary N) is 1. The molecule has 1 aromatic rings. The fourth-order valence-electron chi connectivity index (χ4n) is 1.38. The van der Waals surface area contributed by atoms with Crippen molar-refractivity contribution >= 4 is 23.3 Å². The van der Waals surface area contributed by atoms with Crippen molar-refractivity contribution in [3.8, 4) is 17.6 Å². The largest absolute Gasteiger partial charge is 0.493 e. The van der Waals surface area contributed by atoms with Crippen LogP contribution >= 0.6 is 12.2 Å². The lowest BCUT2D eigenvalue weighted by molar-refractivity contribution is 0.311. The van der Waals surface area contributed by atoms with Gasteiger partial charge in [0, 0.05) is 0 Å². The third-order valence-electron chi connectivity index (χ3n) is 2.18. The smallest absolute Gasteiger partial charge is 0.161 e. The minimum Gasteiger partial charge on any atom is -0.493 e. The standard InChI is InChI=1S/C13H14N2O2S/c1-3-17-12-7-9(4-5-11(12)16-2)6-10(8-14)13(15)18/h4-7H,3H2,1-2H3,(H2,15,18)/b10-6+. The molecule has 1 aromatic carbocycles. The molecule has 0 aromatic heterocycles. The van der Waals surface area contributed by atoms with Crippen molar-refractivity contribution in [2.75, 3.05) is 13.7 Å². The topological polar surface area (TPSA) is 68.3 Å². The molecule has 2 N–H and O–H groups in total. The molecular formula is C13H14N2O2S. The highest BCUT2D eigenvalue weighted by Gasteiger charge is 2.06. The van der Waals surface area contributed by atoms with Gasteiger partial charge in [-0.25, -0.2) is 0 Å². The van der Waals surface area contributed by atoms with Gasteiger partial charge in [-0.05, 0) is 30.7 Å². The maximum absolute atomic E-state index is 8.89. The van der Waals surface area contributed by atoms with Crippen LogP contribution in [0, 0.1) is 11.3 Å². The Morgan fingerprint density at radius 1 is 1.50 bits per heavy atom. The molecule has 4 nitrogen and oxygen atoms in total. The molecule has 0 heterocycles. The van der Waals surface area contributed by atoms with E-state index in [9.17, 15) is 0 Å². The van der Waals surface area contributed by atoms with Crippen LogP contribution in [-0.4, -0.2) is 18.7 Å². The van der Waals surface area contributed by atoms with Gasteiger partial charge in [0.1, 0.15) is 11.1 Å². The normalized spacial score (nSPS) is 10.6. The summed E-state index contributed by atoms with van der Waals surface area (Å²) in [6.07, 6.45) is 1.62. The van der Waals surface area contributed by atoms with E-state index in [2.05, 4.69) is 0 Å². The average molecular weight is 262 g/mol. The fraction of sp³-hybridized carbons (Fsp3) is 0.231. The number of methoxy groups -OCH3 is 1. The Morgan fingerprint density at radius 3 is 2.72 bits per heavy atom. The average Bonchev–Trinajstić information content (AvgIpc) is 2.36. The zero-order chi connectivity index (χ0) is 13.5. The van der Waals surface area contributed by atoms with Gasteiger partial charge in [-0.2, -0.15) is 5.26 Å². The van der Waals surface area contributed by atoms with E-state index in [1.165, 1.54) is 0 Å². The first-order valence-electron chi connectivity index (χ1n) is 5.34. The summed E-state index contributed by atoms with van der Waals surface area (Å²) in [4.78, 5) is 0.0753. The third-order valence-corrected chi connectivity index (χ3v) is 2.40. The summed E-state index contributed by atoms with van der Waals surface area (Å²) in [7, 11) is 1.57. The highest BCUT2D eigenvalue weighted by Crippen LogP contribution is 2.28. The van der Waals surface area contributed by atoms with Crippen LogP contribution in [0.1, 0.15) is 12.5 Å². The van der Waals surface area contributed by atoms with Crippen molar-refractivity contribution in [1.29, 1.82) is 5.26 Å². The number of nitriles is 1. The molecule has 0 amide bonds. The Balaban J connectivity index is 3.16. The molecular weight excluding hydrogens is 248 g/mol. The first-order valence-corrected chi connectivity index (χ1v) is 5.75. The van der Waals surface area contributed by atoms with Crippen molar-refractivity contribution < 1.29 is 9.47 Å². The molecule has 18 heavy (non-hydrogen) atoms. The number of hydrogen-bond donors (Lipinski definition) is 1. The molecule has 0 aliphatic rings. The molecule has 0 spiro atoms. The first kappa shape index (κ1) is 14.0. The highest BCUT2D eigenvalue weighted by atomic mass is 32.1. The zero-order valence-corrected chi connectivity index (χ0v) is 11.1. The van der Waals surface area contributed by atoms with E-state index in [0.29, 0.717) is 18.1 Å². The van der Waals surface area contributed by atoms with Gasteiger partial charge < -0.3 is 15.2 Å². The first-order chi connectivity index (χ1) is 8.62. The molecule has 5 heteroatoms. The van der Waals surface area contributed by atoms with Gasteiger partial charge in [-0.3, -0.25) is 0 Å². The Kier molecular flexibility index (Phi) is 5.15. The maximum Gasteiger partial charge on any atom is 0.161 e. The lowest BCUT2D eigenvalue weighted by atomic mass is 10.1. The van der Waals surface area contributed by atoms with Crippen LogP contribution in [0.15, 0.2) is 23.8 Å². The van der Waals surface area contributed by atoms with Gasteiger partial charge in [0.15, 0.2) is 11.5 Å². The predicted molar refractivity (Wildman–Crippen MR) is 74.5 cm³/mol. The molecule has 0 saturated carbocycles. The summed E-state index contributed by atoms with van der Waals surface area (Å²) < 4.78 is 10.6. The Labute approximate surface area is 112 Å². The molecule has 94 valence electrons. The molecule has 0 radical (unpaired) electrons. The van der Waals surface area contributed by atoms with Crippen LogP contribution in [0.25, 0.3) is 6.08 Å². The van der Waals surface area contributed by atoms with Gasteiger partial charge in [-0.15, -0.1) is 0 Å². The number of ether oxygens (including phenoxy) is 2. The van der Waals surface area contributed by atoms with Crippen LogP contribution in [-0.2, 0) is 0 Å². The van der Waals surface area contributed by atoms with E-state index < -0.39 is 0 Å². The van der Waals surface area contributed by atoms with E-state index >= 15 is 0 Å². The molecule has 0 atom stereocenters. The molecule has 0 bridgehead atoms. The molecule has 1 rings (SSSR count). The van der Waals surface area contributed by atoms with E-state index in [1.807, 2.05) is 13.0 Å². The van der Waals surface area contributed by atoms with E-state index in [1.54, 1.807) is 31.4 Å². The number of benzene rings is 1. The van der Waals surface area contributed by atoms with E-state index in [0.717, 1.165) is 5.56 Å². The third kappa shape index (κ3) is 3.47. The van der Waals surface area contributed by atoms with Crippen molar-refractivity contribution in [1.82, 2.24) is 0 Å². The van der Waals surface area contributed by atoms with Crippen LogP contribution in [0.4, 0.5) is 0 Å². The minimum atomic E-state index is 0.0753. The fourth-order valence-corrected chi connectivity index (χ4v) is 1.48. The Morgan fingerprint density at radius 2 is 2.22 bits per heavy atom. The van der Waals surface area contributed by atoms with Gasteiger partial charge in [0.05, 0.1) is 19.3 Å². The van der Waals surface area contributed by atoms with Crippen molar-refractivity contribution in [3.63, 3.8) is 0 Å². The second kappa shape index (κ2) is 6.62. The molecule has 0 saturated heterocycles. The van der Waals surface area contributed by atoms with E-state index in [4.69, 9.17) is 32.7 Å². The van der Waals surface area contributed by atoms with Gasteiger partial charge in [0.2, 0.25) is 0 Å². The lowest BCUT2D eigenvalue weighted by Gasteiger charge is -2.09. The highest BCUT2D eigenvalue weighted by molar-refractivity contribution is 7.80. The number of rotatable bonds is 5. The zero-order valence-electron chi connectivity index (χ0n) is 10.3. The second-order valence-electron chi connectivity index (χ2n) is 3.38.